The van der Waals surface area contributed by atoms with E-state index in [1.165, 1.54) is 83.5 Å². The molecule has 0 N–H and O–H groups in total. The molecule has 0 amide bonds. The van der Waals surface area contributed by atoms with Gasteiger partial charge in [-0.1, -0.05) is 370 Å². The van der Waals surface area contributed by atoms with Crippen LogP contribution < -0.4 is 0 Å². The van der Waals surface area contributed by atoms with Crippen LogP contribution in [-0.4, -0.2) is 34.9 Å². The van der Waals surface area contributed by atoms with Gasteiger partial charge >= 0.3 is 0 Å². The number of hydrogen-bond acceptors (Lipinski definition) is 7. The molecule has 0 fully saturated rings. The molecule has 0 aliphatic rings. The van der Waals surface area contributed by atoms with Crippen LogP contribution in [0.3, 0.4) is 0 Å². The van der Waals surface area contributed by atoms with Crippen LogP contribution in [0.2, 0.25) is 0 Å². The summed E-state index contributed by atoms with van der Waals surface area (Å²) in [6, 6.07) is 180. The Morgan fingerprint density at radius 2 is 0.348 bits per heavy atom. The van der Waals surface area contributed by atoms with Crippen molar-refractivity contribution in [3.05, 3.63) is 541 Å². The maximum atomic E-state index is 5.23. The first-order valence-electron chi connectivity index (χ1n) is 46.6. The Kier molecular flexibility index (Phi) is 24.4. The highest BCUT2D eigenvalue weighted by Gasteiger charge is 2.20. The molecule has 24 rings (SSSR count). The van der Waals surface area contributed by atoms with Gasteiger partial charge in [-0.3, -0.25) is 19.9 Å². The zero-order valence-corrected chi connectivity index (χ0v) is 75.5. The third kappa shape index (κ3) is 18.9. The summed E-state index contributed by atoms with van der Waals surface area (Å²) in [4.78, 5) is 33.8. The predicted octanol–water partition coefficient (Wildman–Crippen LogP) is 34.3. The average molecular weight is 1760 g/mol. The monoisotopic (exact) mass is 1760 g/mol. The fraction of sp³-hybridized carbons (Fsp3) is 0. The molecule has 0 aliphatic carbocycles. The smallest absolute Gasteiger partial charge is 0.0886 e. The first-order chi connectivity index (χ1) is 68.3. The normalized spacial score (nSPS) is 11.0. The van der Waals surface area contributed by atoms with Gasteiger partial charge in [0, 0.05) is 75.0 Å². The molecule has 0 atom stereocenters. The second-order valence-electron chi connectivity index (χ2n) is 34.3. The summed E-state index contributed by atoms with van der Waals surface area (Å²) in [7, 11) is 0. The van der Waals surface area contributed by atoms with Gasteiger partial charge in [0.2, 0.25) is 0 Å². The number of rotatable bonds is 18. The van der Waals surface area contributed by atoms with Gasteiger partial charge in [-0.2, -0.15) is 0 Å². The van der Waals surface area contributed by atoms with Crippen molar-refractivity contribution in [1.29, 1.82) is 0 Å². The second kappa shape index (κ2) is 39.5. The fourth-order valence-electron chi connectivity index (χ4n) is 18.4. The van der Waals surface area contributed by atoms with Crippen LogP contribution in [0.4, 0.5) is 0 Å². The van der Waals surface area contributed by atoms with Crippen LogP contribution in [0.15, 0.2) is 541 Å². The first-order valence-corrected chi connectivity index (χ1v) is 46.6. The molecule has 138 heavy (non-hydrogen) atoms. The van der Waals surface area contributed by atoms with Crippen molar-refractivity contribution in [2.24, 2.45) is 0 Å². The molecular formula is C131H89N7. The number of aromatic nitrogens is 7. The summed E-state index contributed by atoms with van der Waals surface area (Å²) in [5.74, 6) is 0. The Morgan fingerprint density at radius 1 is 0.116 bits per heavy atom. The van der Waals surface area contributed by atoms with Gasteiger partial charge in [-0.25, -0.2) is 15.0 Å². The van der Waals surface area contributed by atoms with E-state index in [0.717, 1.165) is 150 Å². The molecule has 7 heteroatoms. The molecular weight excluding hydrogens is 1670 g/mol. The molecule has 0 aliphatic heterocycles. The van der Waals surface area contributed by atoms with Crippen molar-refractivity contribution in [3.8, 4) is 201 Å². The van der Waals surface area contributed by atoms with Crippen LogP contribution >= 0.6 is 0 Å². The van der Waals surface area contributed by atoms with Crippen molar-refractivity contribution >= 4 is 32.7 Å². The van der Waals surface area contributed by atoms with E-state index in [9.17, 15) is 0 Å². The molecule has 7 aromatic heterocycles. The predicted molar refractivity (Wildman–Crippen MR) is 574 cm³/mol. The van der Waals surface area contributed by atoms with Gasteiger partial charge in [0.15, 0.2) is 0 Å². The molecule has 7 heterocycles. The quantitative estimate of drug-likeness (QED) is 0.0845. The number of pyridine rings is 7. The van der Waals surface area contributed by atoms with Gasteiger partial charge in [0.1, 0.15) is 0 Å². The van der Waals surface area contributed by atoms with Crippen LogP contribution in [0.5, 0.6) is 0 Å². The molecule has 0 spiro atoms. The molecule has 17 aromatic carbocycles. The average Bonchev–Trinajstić information content (AvgIpc) is 0.769. The van der Waals surface area contributed by atoms with Crippen molar-refractivity contribution in [1.82, 2.24) is 34.9 Å². The van der Waals surface area contributed by atoms with E-state index < -0.39 is 0 Å². The third-order valence-electron chi connectivity index (χ3n) is 25.5. The van der Waals surface area contributed by atoms with E-state index >= 15 is 0 Å². The Hall–Kier alpha value is -18.4. The topological polar surface area (TPSA) is 90.2 Å². The largest absolute Gasteiger partial charge is 0.265 e. The summed E-state index contributed by atoms with van der Waals surface area (Å²) < 4.78 is 0. The third-order valence-corrected chi connectivity index (χ3v) is 25.5. The summed E-state index contributed by atoms with van der Waals surface area (Å²) >= 11 is 0. The van der Waals surface area contributed by atoms with Crippen LogP contribution in [-0.2, 0) is 0 Å². The zero-order valence-electron chi connectivity index (χ0n) is 75.5. The van der Waals surface area contributed by atoms with E-state index in [4.69, 9.17) is 19.9 Å². The summed E-state index contributed by atoms with van der Waals surface area (Å²) in [5.41, 5.74) is 43.0. The number of fused-ring (bicyclic) bond motifs is 3. The highest BCUT2D eigenvalue weighted by atomic mass is 14.8. The Morgan fingerprint density at radius 3 is 0.681 bits per heavy atom. The van der Waals surface area contributed by atoms with E-state index in [0.29, 0.717) is 0 Å². The number of nitrogens with zero attached hydrogens (tertiary/aromatic N) is 7. The molecule has 7 nitrogen and oxygen atoms in total. The van der Waals surface area contributed by atoms with E-state index in [-0.39, 0.29) is 0 Å². The van der Waals surface area contributed by atoms with Crippen LogP contribution in [0, 0.1) is 0 Å². The maximum Gasteiger partial charge on any atom is 0.0886 e. The molecule has 0 bridgehead atoms. The highest BCUT2D eigenvalue weighted by Crippen LogP contribution is 2.44. The molecule has 0 radical (unpaired) electrons. The Bertz CT molecular complexity index is 8090. The minimum atomic E-state index is 0.844. The van der Waals surface area contributed by atoms with Gasteiger partial charge < -0.3 is 0 Å². The van der Waals surface area contributed by atoms with Crippen molar-refractivity contribution in [3.63, 3.8) is 0 Å². The van der Waals surface area contributed by atoms with E-state index in [1.807, 2.05) is 79.4 Å². The minimum absolute atomic E-state index is 0.844. The Labute approximate surface area is 803 Å². The lowest BCUT2D eigenvalue weighted by molar-refractivity contribution is 1.25. The van der Waals surface area contributed by atoms with E-state index in [2.05, 4.69) is 470 Å². The number of benzene rings is 17. The zero-order chi connectivity index (χ0) is 92.1. The van der Waals surface area contributed by atoms with Crippen molar-refractivity contribution < 1.29 is 0 Å². The standard InChI is InChI=1S/2C44H30N2.C43H29N3/c1-3-9-31(10-4-1)36-13-7-15-38(27-36)39-21-22-43-42(29-39)41(35-19-17-33(18-20-35)34-23-25-45-26-24-34)30-44(46-43)40-16-8-14-37(28-40)32-11-5-2-6-12-32;1-3-12-31(13-4-1)33-16-9-18-35(26-33)36-23-24-43-41(29-36)40(37-19-11-20-38(28-37)42-22-7-8-25-45-42)30-44(46-43)39-21-10-17-34(27-39)32-14-5-2-6-15-32;1-3-11-30(12-4-1)32-15-9-17-34(25-32)35-20-22-40-39(27-35)38(37-21-23-42(45-29-37)41-19-7-8-24-44-41)28-43(46-40)36-18-10-16-33(26-36)31-13-5-2-6-14-31/h2*1-30H;1-29H. The summed E-state index contributed by atoms with van der Waals surface area (Å²) in [6.07, 6.45) is 9.27. The SMILES string of the molecule is c1ccc(-c2cccc(-c3ccc4nc(-c5cccc(-c6ccccc6)c5)cc(-c5ccc(-c6ccccn6)nc5)c4c3)c2)cc1.c1ccc(-c2cccc(-c3ccc4nc(-c5cccc(-c6ccccc6)c5)cc(-c5ccc(-c6ccncc6)cc5)c4c3)c2)cc1.c1ccc(-c2cccc(-c3ccc4nc(-c5cccc(-c6ccccc6)c5)cc(-c5cccc(-c6ccccn6)c5)c4c3)c2)cc1. The van der Waals surface area contributed by atoms with Crippen molar-refractivity contribution in [2.45, 2.75) is 0 Å². The lowest BCUT2D eigenvalue weighted by atomic mass is 9.93. The highest BCUT2D eigenvalue weighted by molar-refractivity contribution is 6.03. The summed E-state index contributed by atoms with van der Waals surface area (Å²) in [6.45, 7) is 0. The van der Waals surface area contributed by atoms with E-state index in [1.54, 1.807) is 6.20 Å². The molecule has 648 valence electrons. The van der Waals surface area contributed by atoms with Gasteiger partial charge in [-0.15, -0.1) is 0 Å². The van der Waals surface area contributed by atoms with Gasteiger partial charge in [0.05, 0.1) is 50.7 Å². The lowest BCUT2D eigenvalue weighted by Crippen LogP contribution is -1.93. The second-order valence-corrected chi connectivity index (χ2v) is 34.3. The summed E-state index contributed by atoms with van der Waals surface area (Å²) in [5, 5.41) is 3.32. The van der Waals surface area contributed by atoms with Crippen LogP contribution in [0.25, 0.3) is 234 Å². The molecule has 24 aromatic rings. The molecule has 0 unspecified atom stereocenters. The van der Waals surface area contributed by atoms with Crippen molar-refractivity contribution in [2.75, 3.05) is 0 Å². The number of hydrogen-bond donors (Lipinski definition) is 0. The minimum Gasteiger partial charge on any atom is -0.265 e. The lowest BCUT2D eigenvalue weighted by Gasteiger charge is -2.14. The van der Waals surface area contributed by atoms with Gasteiger partial charge in [-0.05, 0) is 279 Å². The Balaban J connectivity index is 0.000000119. The first kappa shape index (κ1) is 85.1. The molecule has 0 saturated carbocycles. The molecule has 0 saturated heterocycles. The van der Waals surface area contributed by atoms with Crippen LogP contribution in [0.1, 0.15) is 0 Å². The maximum absolute atomic E-state index is 5.23. The van der Waals surface area contributed by atoms with Gasteiger partial charge in [0.25, 0.3) is 0 Å². The fourth-order valence-corrected chi connectivity index (χ4v) is 18.4.